The lowest BCUT2D eigenvalue weighted by atomic mass is 10.0. The molecule has 0 aromatic heterocycles. The highest BCUT2D eigenvalue weighted by molar-refractivity contribution is 5.95. The van der Waals surface area contributed by atoms with Gasteiger partial charge < -0.3 is 15.4 Å². The van der Waals surface area contributed by atoms with Crippen molar-refractivity contribution in [1.29, 1.82) is 0 Å². The SMILES string of the molecule is CC(C)c1ccc(O[C@H](C)C(=O)Nc2ccc(NC(=O)CCc3ccccc3)cc2)cc1. The van der Waals surface area contributed by atoms with E-state index in [-0.39, 0.29) is 11.8 Å². The van der Waals surface area contributed by atoms with Crippen molar-refractivity contribution in [2.24, 2.45) is 0 Å². The summed E-state index contributed by atoms with van der Waals surface area (Å²) < 4.78 is 5.75. The molecule has 32 heavy (non-hydrogen) atoms. The third-order valence-corrected chi connectivity index (χ3v) is 5.15. The molecule has 3 aromatic carbocycles. The van der Waals surface area contributed by atoms with Crippen molar-refractivity contribution < 1.29 is 14.3 Å². The Morgan fingerprint density at radius 1 is 0.781 bits per heavy atom. The minimum atomic E-state index is -0.641. The average molecular weight is 431 g/mol. The van der Waals surface area contributed by atoms with Gasteiger partial charge in [-0.2, -0.15) is 0 Å². The Labute approximate surface area is 189 Å². The molecule has 0 bridgehead atoms. The molecule has 0 aliphatic rings. The maximum Gasteiger partial charge on any atom is 0.265 e. The molecule has 0 unspecified atom stereocenters. The number of rotatable bonds is 9. The number of anilines is 2. The zero-order valence-corrected chi connectivity index (χ0v) is 18.8. The maximum absolute atomic E-state index is 12.5. The van der Waals surface area contributed by atoms with Gasteiger partial charge >= 0.3 is 0 Å². The third-order valence-electron chi connectivity index (χ3n) is 5.15. The van der Waals surface area contributed by atoms with E-state index in [9.17, 15) is 9.59 Å². The van der Waals surface area contributed by atoms with E-state index in [0.29, 0.717) is 35.9 Å². The van der Waals surface area contributed by atoms with Crippen molar-refractivity contribution in [3.63, 3.8) is 0 Å². The zero-order chi connectivity index (χ0) is 22.9. The lowest BCUT2D eigenvalue weighted by molar-refractivity contribution is -0.122. The Balaban J connectivity index is 1.46. The molecule has 3 rings (SSSR count). The van der Waals surface area contributed by atoms with E-state index < -0.39 is 6.10 Å². The third kappa shape index (κ3) is 6.98. The van der Waals surface area contributed by atoms with Crippen LogP contribution in [0.2, 0.25) is 0 Å². The second-order valence-electron chi connectivity index (χ2n) is 8.08. The van der Waals surface area contributed by atoms with Crippen LogP contribution in [0, 0.1) is 0 Å². The van der Waals surface area contributed by atoms with Gasteiger partial charge in [0, 0.05) is 17.8 Å². The minimum Gasteiger partial charge on any atom is -0.481 e. The van der Waals surface area contributed by atoms with Gasteiger partial charge in [0.05, 0.1) is 0 Å². The van der Waals surface area contributed by atoms with Gasteiger partial charge in [0.1, 0.15) is 5.75 Å². The molecule has 1 atom stereocenters. The van der Waals surface area contributed by atoms with Gasteiger partial charge in [0.25, 0.3) is 5.91 Å². The van der Waals surface area contributed by atoms with Gasteiger partial charge in [-0.05, 0) is 66.8 Å². The van der Waals surface area contributed by atoms with E-state index in [1.54, 1.807) is 31.2 Å². The number of carbonyl (C=O) groups excluding carboxylic acids is 2. The molecule has 0 aliphatic heterocycles. The van der Waals surface area contributed by atoms with Crippen molar-refractivity contribution in [3.05, 3.63) is 90.0 Å². The predicted octanol–water partition coefficient (Wildman–Crippen LogP) is 5.79. The highest BCUT2D eigenvalue weighted by Crippen LogP contribution is 2.20. The van der Waals surface area contributed by atoms with E-state index in [2.05, 4.69) is 24.5 Å². The predicted molar refractivity (Wildman–Crippen MR) is 129 cm³/mol. The van der Waals surface area contributed by atoms with Crippen LogP contribution in [0.25, 0.3) is 0 Å². The van der Waals surface area contributed by atoms with Crippen LogP contribution >= 0.6 is 0 Å². The van der Waals surface area contributed by atoms with Gasteiger partial charge in [-0.3, -0.25) is 9.59 Å². The van der Waals surface area contributed by atoms with Crippen molar-refractivity contribution in [1.82, 2.24) is 0 Å². The zero-order valence-electron chi connectivity index (χ0n) is 18.8. The van der Waals surface area contributed by atoms with Gasteiger partial charge in [-0.25, -0.2) is 0 Å². The Morgan fingerprint density at radius 3 is 1.97 bits per heavy atom. The van der Waals surface area contributed by atoms with Crippen LogP contribution < -0.4 is 15.4 Å². The molecule has 0 saturated heterocycles. The van der Waals surface area contributed by atoms with Crippen molar-refractivity contribution in [2.75, 3.05) is 10.6 Å². The number of hydrogen-bond donors (Lipinski definition) is 2. The summed E-state index contributed by atoms with van der Waals surface area (Å²) in [5.74, 6) is 0.820. The van der Waals surface area contributed by atoms with Crippen LogP contribution in [0.4, 0.5) is 11.4 Å². The van der Waals surface area contributed by atoms with E-state index in [1.807, 2.05) is 54.6 Å². The molecular formula is C27H30N2O3. The first kappa shape index (κ1) is 23.1. The Bertz CT molecular complexity index is 1010. The number of ether oxygens (including phenoxy) is 1. The molecule has 0 saturated carbocycles. The van der Waals surface area contributed by atoms with E-state index in [4.69, 9.17) is 4.74 Å². The molecule has 2 amide bonds. The van der Waals surface area contributed by atoms with Crippen LogP contribution in [0.5, 0.6) is 5.75 Å². The molecule has 0 radical (unpaired) electrons. The molecule has 0 spiro atoms. The summed E-state index contributed by atoms with van der Waals surface area (Å²) in [6.07, 6.45) is 0.464. The van der Waals surface area contributed by atoms with Crippen molar-refractivity contribution >= 4 is 23.2 Å². The smallest absolute Gasteiger partial charge is 0.265 e. The largest absolute Gasteiger partial charge is 0.481 e. The number of carbonyl (C=O) groups is 2. The van der Waals surface area contributed by atoms with Crippen LogP contribution in [0.15, 0.2) is 78.9 Å². The van der Waals surface area contributed by atoms with E-state index in [1.165, 1.54) is 5.56 Å². The van der Waals surface area contributed by atoms with E-state index >= 15 is 0 Å². The first-order valence-corrected chi connectivity index (χ1v) is 10.9. The fraction of sp³-hybridized carbons (Fsp3) is 0.259. The summed E-state index contributed by atoms with van der Waals surface area (Å²) in [6, 6.07) is 24.8. The molecule has 5 heteroatoms. The summed E-state index contributed by atoms with van der Waals surface area (Å²) in [5.41, 5.74) is 3.69. The Kier molecular flexibility index (Phi) is 8.03. The monoisotopic (exact) mass is 430 g/mol. The standard InChI is InChI=1S/C27H30N2O3/c1-19(2)22-10-16-25(17-11-22)32-20(3)27(31)29-24-14-12-23(13-15-24)28-26(30)18-9-21-7-5-4-6-8-21/h4-8,10-17,19-20H,9,18H2,1-3H3,(H,28,30)(H,29,31)/t20-/m1/s1. The van der Waals surface area contributed by atoms with Crippen molar-refractivity contribution in [3.8, 4) is 5.75 Å². The summed E-state index contributed by atoms with van der Waals surface area (Å²) in [5, 5.41) is 5.73. The molecule has 0 heterocycles. The van der Waals surface area contributed by atoms with Crippen LogP contribution in [-0.4, -0.2) is 17.9 Å². The molecule has 2 N–H and O–H groups in total. The van der Waals surface area contributed by atoms with Crippen LogP contribution in [-0.2, 0) is 16.0 Å². The van der Waals surface area contributed by atoms with Gasteiger partial charge in [-0.1, -0.05) is 56.3 Å². The molecular weight excluding hydrogens is 400 g/mol. The topological polar surface area (TPSA) is 67.4 Å². The lowest BCUT2D eigenvalue weighted by Gasteiger charge is -2.16. The maximum atomic E-state index is 12.5. The van der Waals surface area contributed by atoms with Gasteiger partial charge in [0.2, 0.25) is 5.91 Å². The molecule has 166 valence electrons. The number of hydrogen-bond acceptors (Lipinski definition) is 3. The normalized spacial score (nSPS) is 11.6. The second-order valence-corrected chi connectivity index (χ2v) is 8.08. The first-order chi connectivity index (χ1) is 15.4. The summed E-state index contributed by atoms with van der Waals surface area (Å²) >= 11 is 0. The van der Waals surface area contributed by atoms with E-state index in [0.717, 1.165) is 5.56 Å². The fourth-order valence-corrected chi connectivity index (χ4v) is 3.20. The number of nitrogens with one attached hydrogen (secondary N) is 2. The molecule has 0 aliphatic carbocycles. The lowest BCUT2D eigenvalue weighted by Crippen LogP contribution is -2.30. The number of benzene rings is 3. The summed E-state index contributed by atoms with van der Waals surface area (Å²) in [4.78, 5) is 24.6. The fourth-order valence-electron chi connectivity index (χ4n) is 3.20. The molecule has 0 fully saturated rings. The van der Waals surface area contributed by atoms with Gasteiger partial charge in [0.15, 0.2) is 6.10 Å². The van der Waals surface area contributed by atoms with Crippen molar-refractivity contribution in [2.45, 2.75) is 45.6 Å². The van der Waals surface area contributed by atoms with Crippen LogP contribution in [0.1, 0.15) is 44.2 Å². The quantitative estimate of drug-likeness (QED) is 0.452. The average Bonchev–Trinajstić information content (AvgIpc) is 2.80. The second kappa shape index (κ2) is 11.1. The van der Waals surface area contributed by atoms with Crippen LogP contribution in [0.3, 0.4) is 0 Å². The summed E-state index contributed by atoms with van der Waals surface area (Å²) in [7, 11) is 0. The Morgan fingerprint density at radius 2 is 1.38 bits per heavy atom. The van der Waals surface area contributed by atoms with Gasteiger partial charge in [-0.15, -0.1) is 0 Å². The number of aryl methyl sites for hydroxylation is 1. The number of amides is 2. The molecule has 5 nitrogen and oxygen atoms in total. The molecule has 3 aromatic rings. The Hall–Kier alpha value is -3.60. The first-order valence-electron chi connectivity index (χ1n) is 10.9. The highest BCUT2D eigenvalue weighted by Gasteiger charge is 2.15. The highest BCUT2D eigenvalue weighted by atomic mass is 16.5. The summed E-state index contributed by atoms with van der Waals surface area (Å²) in [6.45, 7) is 5.98. The minimum absolute atomic E-state index is 0.0452.